The number of rotatable bonds is 3. The molecule has 1 aromatic rings. The molecule has 0 bridgehead atoms. The van der Waals surface area contributed by atoms with Crippen LogP contribution in [-0.2, 0) is 6.54 Å². The molecule has 1 aliphatic rings. The molecule has 12 heavy (non-hydrogen) atoms. The van der Waals surface area contributed by atoms with Crippen molar-refractivity contribution in [3.05, 3.63) is 19.7 Å². The third kappa shape index (κ3) is 1.88. The average Bonchev–Trinajstić information content (AvgIpc) is 2.76. The van der Waals surface area contributed by atoms with Crippen LogP contribution >= 0.6 is 22.9 Å². The van der Waals surface area contributed by atoms with E-state index in [4.69, 9.17) is 11.6 Å². The highest BCUT2D eigenvalue weighted by Gasteiger charge is 2.20. The first kappa shape index (κ1) is 8.29. The maximum absolute atomic E-state index is 10.8. The Hall–Kier alpha value is -0.320. The van der Waals surface area contributed by atoms with Crippen LogP contribution in [0.15, 0.2) is 4.79 Å². The van der Waals surface area contributed by atoms with Crippen LogP contribution in [0.25, 0.3) is 0 Å². The van der Waals surface area contributed by atoms with Crippen LogP contribution in [0.4, 0.5) is 0 Å². The Morgan fingerprint density at radius 1 is 1.67 bits per heavy atom. The fourth-order valence-electron chi connectivity index (χ4n) is 0.980. The van der Waals surface area contributed by atoms with Crippen molar-refractivity contribution in [1.82, 2.24) is 10.3 Å². The van der Waals surface area contributed by atoms with E-state index in [1.807, 2.05) is 0 Å². The maximum atomic E-state index is 10.8. The molecule has 0 atom stereocenters. The minimum Gasteiger partial charge on any atom is -0.309 e. The van der Waals surface area contributed by atoms with Gasteiger partial charge >= 0.3 is 4.87 Å². The van der Waals surface area contributed by atoms with Gasteiger partial charge in [-0.25, -0.2) is 0 Å². The quantitative estimate of drug-likeness (QED) is 0.781. The van der Waals surface area contributed by atoms with E-state index in [0.717, 1.165) is 4.88 Å². The largest absolute Gasteiger partial charge is 0.309 e. The lowest BCUT2D eigenvalue weighted by atomic mass is 10.5. The molecule has 0 aliphatic heterocycles. The smallest absolute Gasteiger partial charge is 0.305 e. The molecule has 3 nitrogen and oxygen atoms in total. The summed E-state index contributed by atoms with van der Waals surface area (Å²) in [6.45, 7) is 0.715. The number of halogens is 1. The van der Waals surface area contributed by atoms with Crippen LogP contribution in [-0.4, -0.2) is 11.0 Å². The monoisotopic (exact) mass is 204 g/mol. The van der Waals surface area contributed by atoms with E-state index >= 15 is 0 Å². The minimum atomic E-state index is -0.0763. The Morgan fingerprint density at radius 2 is 2.42 bits per heavy atom. The van der Waals surface area contributed by atoms with Gasteiger partial charge in [0.2, 0.25) is 0 Å². The van der Waals surface area contributed by atoms with Crippen LogP contribution < -0.4 is 10.2 Å². The summed E-state index contributed by atoms with van der Waals surface area (Å²) >= 11 is 6.94. The molecular formula is C7H9ClN2OS. The number of hydrogen-bond acceptors (Lipinski definition) is 3. The Labute approximate surface area is 78.8 Å². The Kier molecular flexibility index (Phi) is 2.21. The second-order valence-corrected chi connectivity index (χ2v) is 4.35. The second-order valence-electron chi connectivity index (χ2n) is 2.91. The van der Waals surface area contributed by atoms with Crippen molar-refractivity contribution >= 4 is 22.9 Å². The summed E-state index contributed by atoms with van der Waals surface area (Å²) in [5.41, 5.74) is 0. The molecule has 2 rings (SSSR count). The fourth-order valence-corrected chi connectivity index (χ4v) is 1.98. The molecule has 0 radical (unpaired) electrons. The molecule has 1 saturated carbocycles. The third-order valence-electron chi connectivity index (χ3n) is 1.80. The zero-order valence-corrected chi connectivity index (χ0v) is 7.97. The normalized spacial score (nSPS) is 16.8. The Morgan fingerprint density at radius 3 is 2.92 bits per heavy atom. The van der Waals surface area contributed by atoms with E-state index < -0.39 is 0 Å². The van der Waals surface area contributed by atoms with Gasteiger partial charge in [0.25, 0.3) is 0 Å². The molecule has 0 unspecified atom stereocenters. The zero-order chi connectivity index (χ0) is 8.55. The van der Waals surface area contributed by atoms with Gasteiger partial charge in [-0.1, -0.05) is 22.9 Å². The predicted molar refractivity (Wildman–Crippen MR) is 49.8 cm³/mol. The number of thiazole rings is 1. The van der Waals surface area contributed by atoms with E-state index in [1.165, 1.54) is 24.2 Å². The molecule has 1 aliphatic carbocycles. The van der Waals surface area contributed by atoms with Gasteiger partial charge in [-0.05, 0) is 12.8 Å². The average molecular weight is 205 g/mol. The predicted octanol–water partition coefficient (Wildman–Crippen LogP) is 1.34. The third-order valence-corrected chi connectivity index (χ3v) is 3.12. The van der Waals surface area contributed by atoms with Crippen LogP contribution in [0, 0.1) is 0 Å². The van der Waals surface area contributed by atoms with E-state index in [2.05, 4.69) is 10.3 Å². The highest BCUT2D eigenvalue weighted by atomic mass is 35.5. The molecule has 0 aromatic carbocycles. The molecule has 1 heterocycles. The van der Waals surface area contributed by atoms with Crippen molar-refractivity contribution in [2.24, 2.45) is 0 Å². The summed E-state index contributed by atoms with van der Waals surface area (Å²) in [6, 6.07) is 0.651. The topological polar surface area (TPSA) is 44.9 Å². The number of H-pyrrole nitrogens is 1. The molecule has 5 heteroatoms. The van der Waals surface area contributed by atoms with Gasteiger partial charge in [0, 0.05) is 12.6 Å². The zero-order valence-electron chi connectivity index (χ0n) is 6.39. The van der Waals surface area contributed by atoms with Crippen LogP contribution in [0.3, 0.4) is 0 Å². The Bertz CT molecular complexity index is 328. The van der Waals surface area contributed by atoms with Crippen LogP contribution in [0.5, 0.6) is 0 Å². The van der Waals surface area contributed by atoms with E-state index in [-0.39, 0.29) is 4.87 Å². The summed E-state index contributed by atoms with van der Waals surface area (Å²) in [7, 11) is 0. The van der Waals surface area contributed by atoms with Crippen LogP contribution in [0.1, 0.15) is 17.7 Å². The summed E-state index contributed by atoms with van der Waals surface area (Å²) < 4.78 is 0. The lowest BCUT2D eigenvalue weighted by molar-refractivity contribution is 0.694. The molecule has 0 saturated heterocycles. The van der Waals surface area contributed by atoms with Crippen molar-refractivity contribution in [3.8, 4) is 0 Å². The van der Waals surface area contributed by atoms with Crippen molar-refractivity contribution < 1.29 is 0 Å². The first-order valence-corrected chi connectivity index (χ1v) is 5.06. The van der Waals surface area contributed by atoms with Crippen molar-refractivity contribution in [2.75, 3.05) is 0 Å². The molecule has 66 valence electrons. The van der Waals surface area contributed by atoms with Gasteiger partial charge in [-0.3, -0.25) is 4.79 Å². The number of aromatic amines is 1. The molecule has 2 N–H and O–H groups in total. The lowest BCUT2D eigenvalue weighted by Gasteiger charge is -1.98. The van der Waals surface area contributed by atoms with Gasteiger partial charge < -0.3 is 10.3 Å². The highest BCUT2D eigenvalue weighted by molar-refractivity contribution is 7.09. The number of nitrogens with one attached hydrogen (secondary N) is 2. The maximum Gasteiger partial charge on any atom is 0.305 e. The van der Waals surface area contributed by atoms with E-state index in [9.17, 15) is 4.79 Å². The fraction of sp³-hybridized carbons (Fsp3) is 0.571. The second kappa shape index (κ2) is 3.20. The first-order valence-electron chi connectivity index (χ1n) is 3.86. The van der Waals surface area contributed by atoms with E-state index in [1.54, 1.807) is 0 Å². The van der Waals surface area contributed by atoms with Crippen molar-refractivity contribution in [1.29, 1.82) is 0 Å². The first-order chi connectivity index (χ1) is 5.75. The summed E-state index contributed by atoms with van der Waals surface area (Å²) in [5, 5.41) is 3.78. The molecular weight excluding hydrogens is 196 g/mol. The lowest BCUT2D eigenvalue weighted by Crippen LogP contribution is -2.14. The van der Waals surface area contributed by atoms with Gasteiger partial charge in [0.15, 0.2) is 0 Å². The van der Waals surface area contributed by atoms with Gasteiger partial charge in [-0.15, -0.1) is 0 Å². The number of aromatic nitrogens is 1. The molecule has 1 fully saturated rings. The summed E-state index contributed by atoms with van der Waals surface area (Å²) in [4.78, 5) is 14.2. The van der Waals surface area contributed by atoms with Crippen molar-refractivity contribution in [3.63, 3.8) is 0 Å². The molecule has 1 aromatic heterocycles. The molecule has 0 amide bonds. The summed E-state index contributed by atoms with van der Waals surface area (Å²) in [6.07, 6.45) is 2.49. The summed E-state index contributed by atoms with van der Waals surface area (Å²) in [5.74, 6) is 0. The van der Waals surface area contributed by atoms with Crippen molar-refractivity contribution in [2.45, 2.75) is 25.4 Å². The molecule has 0 spiro atoms. The van der Waals surface area contributed by atoms with Gasteiger partial charge in [-0.2, -0.15) is 0 Å². The Balaban J connectivity index is 2.00. The number of hydrogen-bond donors (Lipinski definition) is 2. The van der Waals surface area contributed by atoms with Gasteiger partial charge in [0.05, 0.1) is 4.88 Å². The van der Waals surface area contributed by atoms with E-state index in [0.29, 0.717) is 17.7 Å². The highest BCUT2D eigenvalue weighted by Crippen LogP contribution is 2.21. The standard InChI is InChI=1S/C7H9ClN2OS/c8-6-5(12-7(11)10-6)3-9-4-1-2-4/h4,9H,1-3H2,(H,10,11). The van der Waals surface area contributed by atoms with Gasteiger partial charge in [0.1, 0.15) is 5.15 Å². The minimum absolute atomic E-state index is 0.0763. The van der Waals surface area contributed by atoms with Crippen LogP contribution in [0.2, 0.25) is 5.15 Å². The SMILES string of the molecule is O=c1[nH]c(Cl)c(CNC2CC2)s1.